The van der Waals surface area contributed by atoms with E-state index in [0.29, 0.717) is 120 Å². The van der Waals surface area contributed by atoms with Crippen molar-refractivity contribution in [2.24, 2.45) is 107 Å². The van der Waals surface area contributed by atoms with Crippen LogP contribution in [0.1, 0.15) is 141 Å². The molecule has 0 saturated heterocycles. The van der Waals surface area contributed by atoms with Gasteiger partial charge in [0.15, 0.2) is 6.29 Å². The van der Waals surface area contributed by atoms with Crippen LogP contribution in [0.2, 0.25) is 0 Å². The molecule has 0 aromatic heterocycles. The molecule has 0 amide bonds. The largest absolute Gasteiger partial charge is 0.462 e. The van der Waals surface area contributed by atoms with Crippen molar-refractivity contribution in [1.82, 2.24) is 0 Å². The maximum atomic E-state index is 14.3. The molecule has 74 heavy (non-hydrogen) atoms. The van der Waals surface area contributed by atoms with Gasteiger partial charge in [-0.3, -0.25) is 4.79 Å². The Morgan fingerprint density at radius 3 is 1.42 bits per heavy atom. The summed E-state index contributed by atoms with van der Waals surface area (Å²) in [4.78, 5) is 90.9. The van der Waals surface area contributed by atoms with E-state index in [0.717, 1.165) is 82.6 Å². The normalized spacial score (nSPS) is 36.1. The maximum Gasteiger partial charge on any atom is 0.339 e. The zero-order valence-corrected chi connectivity index (χ0v) is 43.0. The first-order chi connectivity index (χ1) is 35.7. The lowest BCUT2D eigenvalue weighted by molar-refractivity contribution is -0.140. The second kappa shape index (κ2) is 20.9. The van der Waals surface area contributed by atoms with Gasteiger partial charge in [0.25, 0.3) is 0 Å². The van der Waals surface area contributed by atoms with Gasteiger partial charge in [0.05, 0.1) is 61.9 Å². The fourth-order valence-corrected chi connectivity index (χ4v) is 17.6. The van der Waals surface area contributed by atoms with E-state index in [1.165, 1.54) is 18.2 Å². The molecule has 9 fully saturated rings. The summed E-state index contributed by atoms with van der Waals surface area (Å²) >= 11 is 0. The summed E-state index contributed by atoms with van der Waals surface area (Å²) in [5, 5.41) is 0. The Bertz CT molecular complexity index is 2600. The maximum absolute atomic E-state index is 14.3. The summed E-state index contributed by atoms with van der Waals surface area (Å²) in [6.45, 7) is 12.6. The van der Waals surface area contributed by atoms with E-state index >= 15 is 0 Å². The first-order valence-corrected chi connectivity index (χ1v) is 27.7. The molecule has 2 aromatic carbocycles. The summed E-state index contributed by atoms with van der Waals surface area (Å²) in [6, 6.07) is 9.64. The molecule has 9 aliphatic rings. The molecule has 0 radical (unpaired) electrons. The summed E-state index contributed by atoms with van der Waals surface area (Å²) < 4.78 is 35.0. The minimum atomic E-state index is -0.678. The minimum absolute atomic E-state index is 0.0104. The molecule has 394 valence electrons. The Morgan fingerprint density at radius 2 is 0.919 bits per heavy atom. The average Bonchev–Trinajstić information content (AvgIpc) is 4.27. The molecule has 18 atom stereocenters. The van der Waals surface area contributed by atoms with Gasteiger partial charge in [-0.25, -0.2) is 28.8 Å². The lowest BCUT2D eigenvalue weighted by Crippen LogP contribution is -2.29. The standard InChI is InChI=1S/C61H72O13/c1-5-56(63)69-25-33-11-46-37-17-41(49(21-37)52(46)14-33)28-72-58(65)36-7-9-45(60(67)74-30-43-19-39-23-51(43)53-15-34(12-47(39)53)26-70-57(64)31(2)3)55(20-36)61(68)71-27-35-13-48-38-18-42(50(22-38)54(48)16-35)29-73-59(66)44-8-6-32(4)10-40(44)24-62/h5-10,20,24,33-35,37-39,41-43,46-54H,1-2,11-19,21-23,25-30H2,3-4H3. The van der Waals surface area contributed by atoms with Crippen LogP contribution in [0.15, 0.2) is 61.2 Å². The molecule has 18 unspecified atom stereocenters. The summed E-state index contributed by atoms with van der Waals surface area (Å²) in [5.41, 5.74) is 2.14. The number of aldehydes is 1. The lowest BCUT2D eigenvalue weighted by atomic mass is 9.76. The molecule has 0 heterocycles. The summed E-state index contributed by atoms with van der Waals surface area (Å²) in [6.07, 6.45) is 14.1. The van der Waals surface area contributed by atoms with Crippen molar-refractivity contribution in [3.05, 3.63) is 94.6 Å². The molecule has 13 heteroatoms. The number of ether oxygens (including phenoxy) is 6. The highest BCUT2D eigenvalue weighted by molar-refractivity contribution is 6.05. The number of rotatable bonds is 19. The number of carbonyl (C=O) groups is 7. The molecule has 11 rings (SSSR count). The number of fused-ring (bicyclic) bond motifs is 15. The van der Waals surface area contributed by atoms with Crippen LogP contribution in [-0.4, -0.2) is 81.7 Å². The summed E-state index contributed by atoms with van der Waals surface area (Å²) in [7, 11) is 0. The molecule has 0 aliphatic heterocycles. The van der Waals surface area contributed by atoms with E-state index in [9.17, 15) is 33.6 Å². The Labute approximate surface area is 434 Å². The number of hydrogen-bond donors (Lipinski definition) is 0. The number of aryl methyl sites for hydroxylation is 1. The van der Waals surface area contributed by atoms with Crippen LogP contribution in [0.25, 0.3) is 0 Å². The first-order valence-electron chi connectivity index (χ1n) is 27.7. The van der Waals surface area contributed by atoms with Gasteiger partial charge in [0.1, 0.15) is 0 Å². The highest BCUT2D eigenvalue weighted by Crippen LogP contribution is 2.64. The van der Waals surface area contributed by atoms with E-state index in [4.69, 9.17) is 28.4 Å². The molecule has 9 saturated carbocycles. The third-order valence-electron chi connectivity index (χ3n) is 20.5. The van der Waals surface area contributed by atoms with Crippen LogP contribution in [0.5, 0.6) is 0 Å². The van der Waals surface area contributed by atoms with E-state index in [1.54, 1.807) is 31.2 Å². The van der Waals surface area contributed by atoms with E-state index in [1.807, 2.05) is 6.92 Å². The first kappa shape index (κ1) is 50.6. The van der Waals surface area contributed by atoms with Crippen molar-refractivity contribution in [2.75, 3.05) is 39.6 Å². The molecular formula is C61H72O13. The second-order valence-corrected chi connectivity index (χ2v) is 24.5. The van der Waals surface area contributed by atoms with Crippen molar-refractivity contribution < 1.29 is 62.0 Å². The second-order valence-electron chi connectivity index (χ2n) is 24.5. The zero-order chi connectivity index (χ0) is 51.5. The Hall–Kier alpha value is -5.59. The molecular weight excluding hydrogens is 941 g/mol. The van der Waals surface area contributed by atoms with Crippen LogP contribution in [0.4, 0.5) is 0 Å². The topological polar surface area (TPSA) is 175 Å². The van der Waals surface area contributed by atoms with Crippen molar-refractivity contribution >= 4 is 42.1 Å². The monoisotopic (exact) mass is 1010 g/mol. The van der Waals surface area contributed by atoms with Crippen molar-refractivity contribution in [3.63, 3.8) is 0 Å². The minimum Gasteiger partial charge on any atom is -0.462 e. The van der Waals surface area contributed by atoms with Gasteiger partial charge in [-0.05, 0) is 228 Å². The van der Waals surface area contributed by atoms with Crippen molar-refractivity contribution in [1.29, 1.82) is 0 Å². The van der Waals surface area contributed by atoms with Gasteiger partial charge in [-0.2, -0.15) is 0 Å². The molecule has 0 spiro atoms. The van der Waals surface area contributed by atoms with E-state index < -0.39 is 29.8 Å². The lowest BCUT2D eigenvalue weighted by Gasteiger charge is -2.31. The number of carbonyl (C=O) groups excluding carboxylic acids is 7. The predicted molar refractivity (Wildman–Crippen MR) is 269 cm³/mol. The third kappa shape index (κ3) is 9.78. The van der Waals surface area contributed by atoms with Gasteiger partial charge in [-0.15, -0.1) is 0 Å². The predicted octanol–water partition coefficient (Wildman–Crippen LogP) is 9.88. The highest BCUT2D eigenvalue weighted by Gasteiger charge is 2.58. The zero-order valence-electron chi connectivity index (χ0n) is 43.0. The van der Waals surface area contributed by atoms with Crippen LogP contribution in [0, 0.1) is 113 Å². The number of esters is 6. The van der Waals surface area contributed by atoms with Crippen molar-refractivity contribution in [3.8, 4) is 0 Å². The summed E-state index contributed by atoms with van der Waals surface area (Å²) in [5.74, 6) is 4.42. The average molecular weight is 1010 g/mol. The van der Waals surface area contributed by atoms with Crippen LogP contribution in [-0.2, 0) is 38.0 Å². The highest BCUT2D eigenvalue weighted by atomic mass is 16.6. The van der Waals surface area contributed by atoms with Gasteiger partial charge >= 0.3 is 35.8 Å². The van der Waals surface area contributed by atoms with Crippen LogP contribution < -0.4 is 0 Å². The fourth-order valence-electron chi connectivity index (χ4n) is 17.6. The SMILES string of the molecule is C=CC(=O)OCC1CC2C3CC(COC(=O)c4ccc(C(=O)OCC5CC6CC5C5CC(COC(=O)C(=C)C)CC65)c(C(=O)OCC5CC6C7CC(COC(=O)c8ccc(C)cc8C=O)C(C7)C6C5)c4)C(C3)C2C1. The number of hydrogen-bond acceptors (Lipinski definition) is 13. The Kier molecular flexibility index (Phi) is 14.2. The van der Waals surface area contributed by atoms with Crippen molar-refractivity contribution in [2.45, 2.75) is 90.9 Å². The smallest absolute Gasteiger partial charge is 0.339 e. The van der Waals surface area contributed by atoms with Gasteiger partial charge in [0.2, 0.25) is 0 Å². The van der Waals surface area contributed by atoms with Gasteiger partial charge in [0, 0.05) is 17.2 Å². The van der Waals surface area contributed by atoms with Gasteiger partial charge < -0.3 is 28.4 Å². The van der Waals surface area contributed by atoms with E-state index in [-0.39, 0.29) is 71.7 Å². The Morgan fingerprint density at radius 1 is 0.486 bits per heavy atom. The molecule has 13 nitrogen and oxygen atoms in total. The third-order valence-corrected chi connectivity index (χ3v) is 20.5. The molecule has 2 aromatic rings. The van der Waals surface area contributed by atoms with Crippen LogP contribution >= 0.6 is 0 Å². The van der Waals surface area contributed by atoms with Crippen LogP contribution in [0.3, 0.4) is 0 Å². The van der Waals surface area contributed by atoms with E-state index in [2.05, 4.69) is 13.2 Å². The Balaban J connectivity index is 0.722. The quantitative estimate of drug-likeness (QED) is 0.0563. The number of benzene rings is 2. The van der Waals surface area contributed by atoms with Gasteiger partial charge in [-0.1, -0.05) is 24.8 Å². The molecule has 6 bridgehead atoms. The fraction of sp³-hybridized carbons (Fsp3) is 0.623. The molecule has 0 N–H and O–H groups in total. The molecule has 9 aliphatic carbocycles.